The lowest BCUT2D eigenvalue weighted by molar-refractivity contribution is -0.142. The number of hydrogen-bond acceptors (Lipinski definition) is 3. The highest BCUT2D eigenvalue weighted by molar-refractivity contribution is 5.76. The first-order valence-corrected chi connectivity index (χ1v) is 4.69. The lowest BCUT2D eigenvalue weighted by atomic mass is 10.0. The lowest BCUT2D eigenvalue weighted by Crippen LogP contribution is -2.42. The molecule has 0 saturated heterocycles. The summed E-state index contributed by atoms with van der Waals surface area (Å²) >= 11 is 0. The van der Waals surface area contributed by atoms with E-state index in [2.05, 4.69) is 11.9 Å². The molecule has 0 radical (unpaired) electrons. The summed E-state index contributed by atoms with van der Waals surface area (Å²) in [4.78, 5) is 21.5. The number of aliphatic carboxylic acids is 1. The van der Waals surface area contributed by atoms with Crippen molar-refractivity contribution in [3.63, 3.8) is 0 Å². The van der Waals surface area contributed by atoms with E-state index in [4.69, 9.17) is 5.11 Å². The Labute approximate surface area is 88.8 Å². The van der Waals surface area contributed by atoms with Crippen LogP contribution in [0.5, 0.6) is 0 Å². The van der Waals surface area contributed by atoms with E-state index in [0.29, 0.717) is 12.8 Å². The summed E-state index contributed by atoms with van der Waals surface area (Å²) in [5, 5.41) is 20.5. The fraction of sp³-hybridized carbons (Fsp3) is 0.600. The summed E-state index contributed by atoms with van der Waals surface area (Å²) in [6.07, 6.45) is 2.09. The Morgan fingerprint density at radius 1 is 1.53 bits per heavy atom. The maximum absolute atomic E-state index is 11.1. The summed E-state index contributed by atoms with van der Waals surface area (Å²) in [5.41, 5.74) is -1.41. The van der Waals surface area contributed by atoms with Crippen LogP contribution >= 0.6 is 0 Å². The van der Waals surface area contributed by atoms with Gasteiger partial charge in [0.2, 0.25) is 5.91 Å². The van der Waals surface area contributed by atoms with Crippen molar-refractivity contribution in [2.24, 2.45) is 0 Å². The molecule has 1 amide bonds. The van der Waals surface area contributed by atoms with Crippen LogP contribution in [0, 0.1) is 0 Å². The minimum Gasteiger partial charge on any atom is -0.481 e. The number of rotatable bonds is 7. The van der Waals surface area contributed by atoms with Gasteiger partial charge in [0.05, 0.1) is 12.0 Å². The topological polar surface area (TPSA) is 86.6 Å². The van der Waals surface area contributed by atoms with Gasteiger partial charge in [0.1, 0.15) is 0 Å². The van der Waals surface area contributed by atoms with Gasteiger partial charge in [0.15, 0.2) is 0 Å². The van der Waals surface area contributed by atoms with Crippen molar-refractivity contribution in [2.45, 2.75) is 31.8 Å². The third kappa shape index (κ3) is 7.69. The van der Waals surface area contributed by atoms with Gasteiger partial charge in [-0.05, 0) is 13.3 Å². The summed E-state index contributed by atoms with van der Waals surface area (Å²) in [5.74, 6) is -1.32. The molecule has 0 heterocycles. The second-order valence-electron chi connectivity index (χ2n) is 3.67. The molecule has 0 aromatic rings. The summed E-state index contributed by atoms with van der Waals surface area (Å²) < 4.78 is 0. The highest BCUT2D eigenvalue weighted by atomic mass is 16.4. The molecule has 3 N–H and O–H groups in total. The van der Waals surface area contributed by atoms with Crippen LogP contribution in [0.3, 0.4) is 0 Å². The van der Waals surface area contributed by atoms with Crippen LogP contribution in [0.1, 0.15) is 26.2 Å². The zero-order chi connectivity index (χ0) is 11.9. The Hall–Kier alpha value is -1.36. The number of carbonyl (C=O) groups is 2. The largest absolute Gasteiger partial charge is 0.481 e. The number of carbonyl (C=O) groups excluding carboxylic acids is 1. The highest BCUT2D eigenvalue weighted by Gasteiger charge is 2.24. The zero-order valence-electron chi connectivity index (χ0n) is 8.82. The fourth-order valence-electron chi connectivity index (χ4n) is 0.999. The van der Waals surface area contributed by atoms with E-state index in [-0.39, 0.29) is 12.5 Å². The van der Waals surface area contributed by atoms with Crippen LogP contribution in [0.4, 0.5) is 0 Å². The summed E-state index contributed by atoms with van der Waals surface area (Å²) in [6, 6.07) is 0. The van der Waals surface area contributed by atoms with E-state index in [9.17, 15) is 14.7 Å². The molecule has 0 spiro atoms. The molecule has 15 heavy (non-hydrogen) atoms. The van der Waals surface area contributed by atoms with Crippen molar-refractivity contribution in [3.8, 4) is 0 Å². The van der Waals surface area contributed by atoms with E-state index >= 15 is 0 Å². The van der Waals surface area contributed by atoms with Crippen LogP contribution in [0.2, 0.25) is 0 Å². The quantitative estimate of drug-likeness (QED) is 0.533. The maximum Gasteiger partial charge on any atom is 0.306 e. The lowest BCUT2D eigenvalue weighted by Gasteiger charge is -2.21. The molecule has 0 aromatic heterocycles. The van der Waals surface area contributed by atoms with Gasteiger partial charge in [-0.3, -0.25) is 9.59 Å². The minimum atomic E-state index is -1.41. The Morgan fingerprint density at radius 3 is 2.60 bits per heavy atom. The monoisotopic (exact) mass is 215 g/mol. The molecule has 0 aromatic carbocycles. The molecular weight excluding hydrogens is 198 g/mol. The molecule has 0 rings (SSSR count). The Bertz CT molecular complexity index is 248. The average Bonchev–Trinajstić information content (AvgIpc) is 2.09. The van der Waals surface area contributed by atoms with Crippen molar-refractivity contribution < 1.29 is 19.8 Å². The molecule has 1 atom stereocenters. The number of allylic oxidation sites excluding steroid dienone is 1. The van der Waals surface area contributed by atoms with E-state index in [1.807, 2.05) is 0 Å². The Morgan fingerprint density at radius 2 is 2.13 bits per heavy atom. The normalized spacial score (nSPS) is 14.0. The van der Waals surface area contributed by atoms with Crippen molar-refractivity contribution in [1.29, 1.82) is 0 Å². The second-order valence-corrected chi connectivity index (χ2v) is 3.67. The van der Waals surface area contributed by atoms with Gasteiger partial charge in [-0.2, -0.15) is 0 Å². The van der Waals surface area contributed by atoms with Gasteiger partial charge in [-0.25, -0.2) is 0 Å². The number of nitrogens with one attached hydrogen (secondary N) is 1. The zero-order valence-corrected chi connectivity index (χ0v) is 8.82. The summed E-state index contributed by atoms with van der Waals surface area (Å²) in [6.45, 7) is 4.78. The third-order valence-electron chi connectivity index (χ3n) is 1.77. The van der Waals surface area contributed by atoms with Crippen LogP contribution in [-0.2, 0) is 9.59 Å². The SMILES string of the molecule is C=CCCC(=O)NCC(C)(O)CC(=O)O. The highest BCUT2D eigenvalue weighted by Crippen LogP contribution is 2.07. The van der Waals surface area contributed by atoms with Gasteiger partial charge in [0, 0.05) is 13.0 Å². The summed E-state index contributed by atoms with van der Waals surface area (Å²) in [7, 11) is 0. The Balaban J connectivity index is 3.86. The number of hydrogen-bond donors (Lipinski definition) is 3. The van der Waals surface area contributed by atoms with Crippen molar-refractivity contribution in [3.05, 3.63) is 12.7 Å². The number of carboxylic acid groups (broad SMARTS) is 1. The number of amides is 1. The Kier molecular flexibility index (Phi) is 5.62. The minimum absolute atomic E-state index is 0.0602. The van der Waals surface area contributed by atoms with Crippen LogP contribution in [0.15, 0.2) is 12.7 Å². The van der Waals surface area contributed by atoms with Gasteiger partial charge < -0.3 is 15.5 Å². The van der Waals surface area contributed by atoms with Crippen molar-refractivity contribution in [1.82, 2.24) is 5.32 Å². The molecule has 1 unspecified atom stereocenters. The fourth-order valence-corrected chi connectivity index (χ4v) is 0.999. The predicted octanol–water partition coefficient (Wildman–Crippen LogP) is 0.294. The van der Waals surface area contributed by atoms with Crippen molar-refractivity contribution >= 4 is 11.9 Å². The second kappa shape index (κ2) is 6.19. The molecule has 0 aliphatic rings. The van der Waals surface area contributed by atoms with Crippen LogP contribution < -0.4 is 5.32 Å². The molecule has 0 aliphatic heterocycles. The molecule has 0 fully saturated rings. The first kappa shape index (κ1) is 13.6. The van der Waals surface area contributed by atoms with Gasteiger partial charge in [-0.15, -0.1) is 6.58 Å². The predicted molar refractivity (Wildman–Crippen MR) is 55.3 cm³/mol. The molecule has 0 aliphatic carbocycles. The third-order valence-corrected chi connectivity index (χ3v) is 1.77. The molecule has 0 saturated carbocycles. The maximum atomic E-state index is 11.1. The van der Waals surface area contributed by atoms with Gasteiger partial charge in [-0.1, -0.05) is 6.08 Å². The van der Waals surface area contributed by atoms with Crippen LogP contribution in [0.25, 0.3) is 0 Å². The molecule has 0 bridgehead atoms. The molecule has 5 nitrogen and oxygen atoms in total. The first-order chi connectivity index (χ1) is 6.87. The molecular formula is C10H17NO4. The number of aliphatic hydroxyl groups is 1. The van der Waals surface area contributed by atoms with Crippen LogP contribution in [-0.4, -0.2) is 34.2 Å². The first-order valence-electron chi connectivity index (χ1n) is 4.69. The van der Waals surface area contributed by atoms with E-state index in [0.717, 1.165) is 0 Å². The standard InChI is InChI=1S/C10H17NO4/c1-3-4-5-8(12)11-7-10(2,15)6-9(13)14/h3,15H,1,4-7H2,2H3,(H,11,12)(H,13,14). The van der Waals surface area contributed by atoms with Crippen molar-refractivity contribution in [2.75, 3.05) is 6.54 Å². The average molecular weight is 215 g/mol. The smallest absolute Gasteiger partial charge is 0.306 e. The van der Waals surface area contributed by atoms with E-state index in [1.54, 1.807) is 6.08 Å². The van der Waals surface area contributed by atoms with Gasteiger partial charge >= 0.3 is 5.97 Å². The van der Waals surface area contributed by atoms with E-state index in [1.165, 1.54) is 6.92 Å². The molecule has 5 heteroatoms. The number of carboxylic acids is 1. The van der Waals surface area contributed by atoms with Gasteiger partial charge in [0.25, 0.3) is 0 Å². The van der Waals surface area contributed by atoms with E-state index < -0.39 is 18.0 Å². The molecule has 86 valence electrons.